The van der Waals surface area contributed by atoms with E-state index in [9.17, 15) is 17.8 Å². The van der Waals surface area contributed by atoms with Gasteiger partial charge in [0.15, 0.2) is 6.17 Å². The molecule has 188 valence electrons. The summed E-state index contributed by atoms with van der Waals surface area (Å²) in [5.74, 6) is 0.892. The maximum absolute atomic E-state index is 12.7. The lowest BCUT2D eigenvalue weighted by Gasteiger charge is -2.46. The van der Waals surface area contributed by atoms with Crippen LogP contribution in [0.2, 0.25) is 0 Å². The number of amides is 1. The van der Waals surface area contributed by atoms with Crippen LogP contribution in [-0.4, -0.2) is 50.2 Å². The summed E-state index contributed by atoms with van der Waals surface area (Å²) in [6.45, 7) is 9.40. The van der Waals surface area contributed by atoms with Gasteiger partial charge in [-0.3, -0.25) is 9.69 Å². The van der Waals surface area contributed by atoms with Crippen LogP contribution in [0.4, 0.5) is 5.69 Å². The van der Waals surface area contributed by atoms with E-state index in [1.165, 1.54) is 30.5 Å². The maximum atomic E-state index is 12.7. The molecule has 6 nitrogen and oxygen atoms in total. The fourth-order valence-electron chi connectivity index (χ4n) is 4.41. The van der Waals surface area contributed by atoms with E-state index in [0.717, 1.165) is 35.1 Å². The normalized spacial score (nSPS) is 17.6. The zero-order chi connectivity index (χ0) is 25.5. The molecule has 1 amide bonds. The number of hydrogen-bond acceptors (Lipinski definition) is 4. The van der Waals surface area contributed by atoms with Crippen LogP contribution in [-0.2, 0) is 21.3 Å². The van der Waals surface area contributed by atoms with Crippen molar-refractivity contribution in [1.82, 2.24) is 0 Å². The summed E-state index contributed by atoms with van der Waals surface area (Å²) in [5.41, 5.74) is 3.34. The van der Waals surface area contributed by atoms with Gasteiger partial charge in [0.1, 0.15) is 10.1 Å². The van der Waals surface area contributed by atoms with Crippen LogP contribution in [0.5, 0.6) is 0 Å². The van der Waals surface area contributed by atoms with Crippen molar-refractivity contribution < 1.29 is 22.2 Å². The third-order valence-electron chi connectivity index (χ3n) is 6.29. The van der Waals surface area contributed by atoms with Gasteiger partial charge < -0.3 is 9.04 Å². The first-order valence-corrected chi connectivity index (χ1v) is 13.5. The van der Waals surface area contributed by atoms with Crippen molar-refractivity contribution in [3.05, 3.63) is 59.7 Å². The van der Waals surface area contributed by atoms with Gasteiger partial charge in [0.25, 0.3) is 0 Å². The summed E-state index contributed by atoms with van der Waals surface area (Å²) in [4.78, 5) is 14.6. The van der Waals surface area contributed by atoms with Gasteiger partial charge in [-0.25, -0.2) is 8.42 Å². The third-order valence-corrected chi connectivity index (χ3v) is 7.14. The van der Waals surface area contributed by atoms with Crippen LogP contribution >= 0.6 is 0 Å². The first-order valence-electron chi connectivity index (χ1n) is 12.1. The minimum absolute atomic E-state index is 0.178. The van der Waals surface area contributed by atoms with Gasteiger partial charge in [0, 0.05) is 18.5 Å². The molecule has 3 rings (SSSR count). The summed E-state index contributed by atoms with van der Waals surface area (Å²) in [6, 6.07) is 14.4. The molecule has 1 fully saturated rings. The molecule has 0 unspecified atom stereocenters. The van der Waals surface area contributed by atoms with E-state index in [2.05, 4.69) is 57.1 Å². The number of quaternary nitrogens is 1. The molecule has 7 heteroatoms. The molecule has 1 saturated heterocycles. The van der Waals surface area contributed by atoms with Crippen LogP contribution in [0.3, 0.4) is 0 Å². The molecule has 0 aliphatic carbocycles. The zero-order valence-corrected chi connectivity index (χ0v) is 22.3. The van der Waals surface area contributed by atoms with Gasteiger partial charge in [0.05, 0.1) is 25.5 Å². The summed E-state index contributed by atoms with van der Waals surface area (Å²) in [7, 11) is 0.244. The fraction of sp³-hybridized carbons (Fsp3) is 0.519. The second kappa shape index (κ2) is 12.0. The second-order valence-electron chi connectivity index (χ2n) is 10.1. The largest absolute Gasteiger partial charge is 0.744 e. The zero-order valence-electron chi connectivity index (χ0n) is 21.5. The minimum atomic E-state index is -4.27. The number of piperidine rings is 1. The van der Waals surface area contributed by atoms with Crippen LogP contribution in [0.1, 0.15) is 57.6 Å². The smallest absolute Gasteiger partial charge is 0.231 e. The van der Waals surface area contributed by atoms with Crippen molar-refractivity contribution in [3.8, 4) is 0 Å². The molecule has 1 aliphatic rings. The van der Waals surface area contributed by atoms with Crippen molar-refractivity contribution in [2.75, 3.05) is 25.5 Å². The lowest BCUT2D eigenvalue weighted by atomic mass is 10.0. The Labute approximate surface area is 205 Å². The van der Waals surface area contributed by atoms with Gasteiger partial charge in [-0.2, -0.15) is 0 Å². The number of aryl methyl sites for hydroxylation is 1. The Kier molecular flexibility index (Phi) is 9.85. The average Bonchev–Trinajstić information content (AvgIpc) is 2.75. The molecular formula is C27H40N2O4S. The standard InChI is InChI=1S/C20H33N2O.C7H8O3S/c1-6-20(23)21(19-9-7-8-14-22(19,4)5)18-12-10-17(11-13-18)15-16(2)3;1-6-2-4-7(5-3-6)11(8,9)10/h10-13,16,19H,6-9,14-15H2,1-5H3;2-5H,1H3,(H,8,9,10)/q+1;/p-1/t19-;/m0./s1. The number of carbonyl (C=O) groups excluding carboxylic acids is 1. The lowest BCUT2D eigenvalue weighted by molar-refractivity contribution is -0.918. The summed E-state index contributed by atoms with van der Waals surface area (Å²) >= 11 is 0. The van der Waals surface area contributed by atoms with Crippen LogP contribution < -0.4 is 4.90 Å². The molecule has 1 aliphatic heterocycles. The van der Waals surface area contributed by atoms with Crippen LogP contribution in [0, 0.1) is 12.8 Å². The van der Waals surface area contributed by atoms with E-state index in [1.54, 1.807) is 12.1 Å². The quantitative estimate of drug-likeness (QED) is 0.418. The van der Waals surface area contributed by atoms with Gasteiger partial charge in [-0.05, 0) is 61.9 Å². The number of rotatable bonds is 6. The Hall–Kier alpha value is -2.22. The fourth-order valence-corrected chi connectivity index (χ4v) is 4.88. The summed E-state index contributed by atoms with van der Waals surface area (Å²) in [6.07, 6.45) is 5.46. The van der Waals surface area contributed by atoms with E-state index in [4.69, 9.17) is 0 Å². The maximum Gasteiger partial charge on any atom is 0.231 e. The van der Waals surface area contributed by atoms with Crippen molar-refractivity contribution in [3.63, 3.8) is 0 Å². The second-order valence-corrected chi connectivity index (χ2v) is 11.5. The molecule has 1 heterocycles. The number of anilines is 1. The Morgan fingerprint density at radius 3 is 2.12 bits per heavy atom. The summed E-state index contributed by atoms with van der Waals surface area (Å²) < 4.78 is 32.1. The topological polar surface area (TPSA) is 77.5 Å². The number of nitrogens with zero attached hydrogens (tertiary/aromatic N) is 2. The van der Waals surface area contributed by atoms with Crippen molar-refractivity contribution >= 4 is 21.7 Å². The highest BCUT2D eigenvalue weighted by atomic mass is 32.2. The van der Waals surface area contributed by atoms with E-state index < -0.39 is 10.1 Å². The molecule has 0 N–H and O–H groups in total. The van der Waals surface area contributed by atoms with Crippen LogP contribution in [0.15, 0.2) is 53.4 Å². The molecule has 0 aromatic heterocycles. The molecule has 0 saturated carbocycles. The minimum Gasteiger partial charge on any atom is -0.744 e. The number of carbonyl (C=O) groups is 1. The Morgan fingerprint density at radius 2 is 1.65 bits per heavy atom. The number of likely N-dealkylation sites (tertiary alicyclic amines) is 1. The predicted octanol–water partition coefficient (Wildman–Crippen LogP) is 5.11. The summed E-state index contributed by atoms with van der Waals surface area (Å²) in [5, 5.41) is 0. The molecule has 0 spiro atoms. The third kappa shape index (κ3) is 7.93. The van der Waals surface area contributed by atoms with Gasteiger partial charge in [-0.15, -0.1) is 0 Å². The SMILES string of the molecule is CCC(=O)N(c1ccc(CC(C)C)cc1)[C@@H]1CCCC[N+]1(C)C.Cc1ccc(S(=O)(=O)[O-])cc1. The van der Waals surface area contributed by atoms with Crippen molar-refractivity contribution in [1.29, 1.82) is 0 Å². The number of hydrogen-bond donors (Lipinski definition) is 0. The molecule has 0 bridgehead atoms. The Morgan fingerprint density at radius 1 is 1.06 bits per heavy atom. The lowest BCUT2D eigenvalue weighted by Crippen LogP contribution is -2.61. The number of benzene rings is 2. The first kappa shape index (κ1) is 28.0. The van der Waals surface area contributed by atoms with Gasteiger partial charge >= 0.3 is 0 Å². The monoisotopic (exact) mass is 488 g/mol. The van der Waals surface area contributed by atoms with Crippen molar-refractivity contribution in [2.45, 2.75) is 70.9 Å². The molecule has 1 atom stereocenters. The molecule has 2 aromatic carbocycles. The van der Waals surface area contributed by atoms with Gasteiger partial charge in [-0.1, -0.05) is 50.6 Å². The van der Waals surface area contributed by atoms with E-state index >= 15 is 0 Å². The van der Waals surface area contributed by atoms with E-state index in [0.29, 0.717) is 12.3 Å². The van der Waals surface area contributed by atoms with E-state index in [1.807, 2.05) is 13.8 Å². The highest BCUT2D eigenvalue weighted by molar-refractivity contribution is 7.85. The Balaban J connectivity index is 0.000000310. The van der Waals surface area contributed by atoms with Crippen molar-refractivity contribution in [2.24, 2.45) is 5.92 Å². The molecular weight excluding hydrogens is 448 g/mol. The van der Waals surface area contributed by atoms with E-state index in [-0.39, 0.29) is 17.0 Å². The highest BCUT2D eigenvalue weighted by Crippen LogP contribution is 2.30. The molecule has 2 aromatic rings. The van der Waals surface area contributed by atoms with Gasteiger partial charge in [0.2, 0.25) is 5.91 Å². The Bertz CT molecular complexity index is 1030. The average molecular weight is 489 g/mol. The first-order chi connectivity index (χ1) is 15.8. The van der Waals surface area contributed by atoms with Crippen LogP contribution in [0.25, 0.3) is 0 Å². The predicted molar refractivity (Wildman–Crippen MR) is 137 cm³/mol. The molecule has 34 heavy (non-hydrogen) atoms. The highest BCUT2D eigenvalue weighted by Gasteiger charge is 2.38. The molecule has 0 radical (unpaired) electrons.